The number of hydrogen-bond acceptors (Lipinski definition) is 5. The Hall–Kier alpha value is -3.47. The number of amides is 3. The summed E-state index contributed by atoms with van der Waals surface area (Å²) >= 11 is 1.13. The standard InChI is InChI=1S/C22H20F3N5O2S/c1-14-18(19(31)27-12-16-3-2-8-26-11-16)33-20(28-14)30-10-9-29(21(30)32)13-15-4-6-17(7-5-15)22(23,24)25/h2-8,11H,9-10,12-13H2,1H3,(H,27,31). The summed E-state index contributed by atoms with van der Waals surface area (Å²) in [5.74, 6) is -0.284. The van der Waals surface area contributed by atoms with Gasteiger partial charge in [0, 0.05) is 38.6 Å². The Morgan fingerprint density at radius 3 is 2.58 bits per heavy atom. The quantitative estimate of drug-likeness (QED) is 0.579. The minimum absolute atomic E-state index is 0.191. The van der Waals surface area contributed by atoms with E-state index in [2.05, 4.69) is 15.3 Å². The van der Waals surface area contributed by atoms with Crippen molar-refractivity contribution >= 4 is 28.4 Å². The Bertz CT molecular complexity index is 1150. The number of benzene rings is 1. The molecule has 7 nitrogen and oxygen atoms in total. The number of rotatable bonds is 6. The Morgan fingerprint density at radius 2 is 1.91 bits per heavy atom. The molecule has 11 heteroatoms. The van der Waals surface area contributed by atoms with E-state index in [0.717, 1.165) is 29.0 Å². The molecular formula is C22H20F3N5O2S. The van der Waals surface area contributed by atoms with E-state index in [1.807, 2.05) is 6.07 Å². The van der Waals surface area contributed by atoms with Gasteiger partial charge in [0.2, 0.25) is 0 Å². The number of anilines is 1. The highest BCUT2D eigenvalue weighted by Gasteiger charge is 2.33. The predicted octanol–water partition coefficient (Wildman–Crippen LogP) is 4.24. The topological polar surface area (TPSA) is 78.4 Å². The lowest BCUT2D eigenvalue weighted by atomic mass is 10.1. The van der Waals surface area contributed by atoms with Crippen LogP contribution >= 0.6 is 11.3 Å². The number of halogens is 3. The zero-order valence-corrected chi connectivity index (χ0v) is 18.4. The minimum Gasteiger partial charge on any atom is -0.347 e. The molecule has 1 fully saturated rings. The van der Waals surface area contributed by atoms with Crippen LogP contribution in [0.2, 0.25) is 0 Å². The van der Waals surface area contributed by atoms with Crippen molar-refractivity contribution in [3.63, 3.8) is 0 Å². The highest BCUT2D eigenvalue weighted by Crippen LogP contribution is 2.31. The number of carbonyl (C=O) groups excluding carboxylic acids is 2. The molecule has 1 aliphatic rings. The normalized spacial score (nSPS) is 14.1. The van der Waals surface area contributed by atoms with Crippen LogP contribution < -0.4 is 10.2 Å². The average Bonchev–Trinajstić information content (AvgIpc) is 3.35. The highest BCUT2D eigenvalue weighted by molar-refractivity contribution is 7.17. The molecule has 2 aromatic heterocycles. The average molecular weight is 475 g/mol. The van der Waals surface area contributed by atoms with Crippen LogP contribution in [0.1, 0.15) is 32.1 Å². The summed E-state index contributed by atoms with van der Waals surface area (Å²) in [4.78, 5) is 37.3. The number of carbonyl (C=O) groups is 2. The second-order valence-electron chi connectivity index (χ2n) is 7.51. The van der Waals surface area contributed by atoms with E-state index in [9.17, 15) is 22.8 Å². The number of thiazole rings is 1. The van der Waals surface area contributed by atoms with Crippen molar-refractivity contribution in [1.82, 2.24) is 20.2 Å². The van der Waals surface area contributed by atoms with Gasteiger partial charge in [0.15, 0.2) is 5.13 Å². The lowest BCUT2D eigenvalue weighted by Crippen LogP contribution is -2.31. The number of nitrogens with zero attached hydrogens (tertiary/aromatic N) is 4. The van der Waals surface area contributed by atoms with Crippen LogP contribution in [0.5, 0.6) is 0 Å². The van der Waals surface area contributed by atoms with Crippen molar-refractivity contribution in [1.29, 1.82) is 0 Å². The largest absolute Gasteiger partial charge is 0.416 e. The smallest absolute Gasteiger partial charge is 0.347 e. The van der Waals surface area contributed by atoms with Crippen LogP contribution in [0.15, 0.2) is 48.8 Å². The SMILES string of the molecule is Cc1nc(N2CCN(Cc3ccc(C(F)(F)F)cc3)C2=O)sc1C(=O)NCc1cccnc1. The van der Waals surface area contributed by atoms with Crippen molar-refractivity contribution in [2.75, 3.05) is 18.0 Å². The Morgan fingerprint density at radius 1 is 1.15 bits per heavy atom. The molecule has 0 radical (unpaired) electrons. The second kappa shape index (κ2) is 9.18. The van der Waals surface area contributed by atoms with Gasteiger partial charge in [0.25, 0.3) is 5.91 Å². The van der Waals surface area contributed by atoms with Crippen molar-refractivity contribution in [2.24, 2.45) is 0 Å². The van der Waals surface area contributed by atoms with Crippen molar-refractivity contribution in [3.8, 4) is 0 Å². The molecule has 0 saturated carbocycles. The first kappa shape index (κ1) is 22.7. The third-order valence-electron chi connectivity index (χ3n) is 5.15. The van der Waals surface area contributed by atoms with Crippen molar-refractivity contribution < 1.29 is 22.8 Å². The maximum absolute atomic E-state index is 12.9. The van der Waals surface area contributed by atoms with E-state index < -0.39 is 11.7 Å². The van der Waals surface area contributed by atoms with Crippen LogP contribution in [0.25, 0.3) is 0 Å². The summed E-state index contributed by atoms with van der Waals surface area (Å²) < 4.78 is 38.2. The van der Waals surface area contributed by atoms with E-state index >= 15 is 0 Å². The van der Waals surface area contributed by atoms with Crippen LogP contribution in [-0.4, -0.2) is 39.9 Å². The summed E-state index contributed by atoms with van der Waals surface area (Å²) in [5.41, 5.74) is 1.26. The van der Waals surface area contributed by atoms with Gasteiger partial charge in [-0.1, -0.05) is 29.5 Å². The Labute approximate surface area is 191 Å². The first-order valence-electron chi connectivity index (χ1n) is 10.1. The third kappa shape index (κ3) is 5.14. The van der Waals surface area contributed by atoms with Gasteiger partial charge < -0.3 is 10.2 Å². The van der Waals surface area contributed by atoms with Gasteiger partial charge in [-0.2, -0.15) is 13.2 Å². The van der Waals surface area contributed by atoms with E-state index in [1.165, 1.54) is 17.0 Å². The molecule has 33 heavy (non-hydrogen) atoms. The molecule has 172 valence electrons. The molecule has 1 aliphatic heterocycles. The molecule has 0 bridgehead atoms. The number of nitrogens with one attached hydrogen (secondary N) is 1. The number of alkyl halides is 3. The summed E-state index contributed by atoms with van der Waals surface area (Å²) in [7, 11) is 0. The fraction of sp³-hybridized carbons (Fsp3) is 0.273. The zero-order valence-electron chi connectivity index (χ0n) is 17.6. The summed E-state index contributed by atoms with van der Waals surface area (Å²) in [6.45, 7) is 3.00. The molecule has 4 rings (SSSR count). The fourth-order valence-corrected chi connectivity index (χ4v) is 4.40. The molecule has 1 N–H and O–H groups in total. The van der Waals surface area contributed by atoms with Gasteiger partial charge in [0.1, 0.15) is 4.88 Å². The van der Waals surface area contributed by atoms with Gasteiger partial charge in [-0.25, -0.2) is 9.78 Å². The molecule has 0 spiro atoms. The molecular weight excluding hydrogens is 455 g/mol. The van der Waals surface area contributed by atoms with Crippen molar-refractivity contribution in [3.05, 3.63) is 76.1 Å². The summed E-state index contributed by atoms with van der Waals surface area (Å²) in [5, 5.41) is 3.24. The first-order chi connectivity index (χ1) is 15.7. The van der Waals surface area contributed by atoms with Crippen LogP contribution in [0.4, 0.5) is 23.1 Å². The second-order valence-corrected chi connectivity index (χ2v) is 8.48. The lowest BCUT2D eigenvalue weighted by molar-refractivity contribution is -0.137. The van der Waals surface area contributed by atoms with E-state index in [4.69, 9.17) is 0 Å². The predicted molar refractivity (Wildman–Crippen MR) is 117 cm³/mol. The number of aryl methyl sites for hydroxylation is 1. The van der Waals surface area contributed by atoms with Gasteiger partial charge in [-0.15, -0.1) is 0 Å². The minimum atomic E-state index is -4.40. The molecule has 3 aromatic rings. The maximum atomic E-state index is 12.9. The van der Waals surface area contributed by atoms with Crippen LogP contribution in [0, 0.1) is 6.92 Å². The zero-order chi connectivity index (χ0) is 23.6. The van der Waals surface area contributed by atoms with Gasteiger partial charge in [-0.05, 0) is 36.2 Å². The Balaban J connectivity index is 1.40. The molecule has 0 aliphatic carbocycles. The van der Waals surface area contributed by atoms with E-state index in [-0.39, 0.29) is 18.5 Å². The molecule has 0 atom stereocenters. The molecule has 3 amide bonds. The number of aromatic nitrogens is 2. The first-order valence-corrected chi connectivity index (χ1v) is 10.9. The lowest BCUT2D eigenvalue weighted by Gasteiger charge is -2.17. The summed E-state index contributed by atoms with van der Waals surface area (Å²) in [6, 6.07) is 8.10. The monoisotopic (exact) mass is 475 g/mol. The van der Waals surface area contributed by atoms with Crippen LogP contribution in [-0.2, 0) is 19.3 Å². The van der Waals surface area contributed by atoms with Crippen LogP contribution in [0.3, 0.4) is 0 Å². The number of urea groups is 1. The summed E-state index contributed by atoms with van der Waals surface area (Å²) in [6.07, 6.45) is -1.08. The van der Waals surface area contributed by atoms with E-state index in [0.29, 0.717) is 40.9 Å². The fourth-order valence-electron chi connectivity index (χ4n) is 3.40. The van der Waals surface area contributed by atoms with Gasteiger partial charge in [-0.3, -0.25) is 14.7 Å². The van der Waals surface area contributed by atoms with E-state index in [1.54, 1.807) is 30.3 Å². The molecule has 3 heterocycles. The maximum Gasteiger partial charge on any atom is 0.416 e. The van der Waals surface area contributed by atoms with Crippen molar-refractivity contribution in [2.45, 2.75) is 26.2 Å². The van der Waals surface area contributed by atoms with Gasteiger partial charge >= 0.3 is 12.2 Å². The molecule has 1 saturated heterocycles. The third-order valence-corrected chi connectivity index (χ3v) is 6.33. The Kier molecular flexibility index (Phi) is 6.32. The van der Waals surface area contributed by atoms with Gasteiger partial charge in [0.05, 0.1) is 11.3 Å². The molecule has 1 aromatic carbocycles. The number of pyridine rings is 1. The molecule has 0 unspecified atom stereocenters. The number of hydrogen-bond donors (Lipinski definition) is 1. The highest BCUT2D eigenvalue weighted by atomic mass is 32.1.